The van der Waals surface area contributed by atoms with Gasteiger partial charge in [0.2, 0.25) is 15.9 Å². The van der Waals surface area contributed by atoms with Crippen molar-refractivity contribution in [2.75, 3.05) is 18.8 Å². The van der Waals surface area contributed by atoms with E-state index in [1.165, 1.54) is 4.31 Å². The lowest BCUT2D eigenvalue weighted by Gasteiger charge is -2.32. The van der Waals surface area contributed by atoms with E-state index in [4.69, 9.17) is 0 Å². The Morgan fingerprint density at radius 2 is 2.00 bits per heavy atom. The third-order valence-electron chi connectivity index (χ3n) is 3.88. The van der Waals surface area contributed by atoms with Crippen LogP contribution in [0.5, 0.6) is 0 Å². The van der Waals surface area contributed by atoms with Crippen molar-refractivity contribution in [3.05, 3.63) is 0 Å². The minimum absolute atomic E-state index is 0.0165. The maximum absolute atomic E-state index is 12.1. The van der Waals surface area contributed by atoms with E-state index in [1.54, 1.807) is 6.92 Å². The van der Waals surface area contributed by atoms with Crippen LogP contribution in [0.4, 0.5) is 0 Å². The summed E-state index contributed by atoms with van der Waals surface area (Å²) < 4.78 is 25.2. The molecule has 0 unspecified atom stereocenters. The highest BCUT2D eigenvalue weighted by Crippen LogP contribution is 2.20. The Kier molecular flexibility index (Phi) is 5.80. The van der Waals surface area contributed by atoms with Gasteiger partial charge in [-0.3, -0.25) is 4.79 Å². The third-order valence-corrected chi connectivity index (χ3v) is 5.73. The second kappa shape index (κ2) is 6.70. The van der Waals surface area contributed by atoms with Gasteiger partial charge in [-0.2, -0.15) is 0 Å². The molecule has 0 aromatic heterocycles. The monoisotopic (exact) mass is 290 g/mol. The molecule has 1 fully saturated rings. The predicted octanol–water partition coefficient (Wildman–Crippen LogP) is 1.21. The molecule has 1 amide bonds. The number of hydrogen-bond donors (Lipinski definition) is 1. The fourth-order valence-corrected chi connectivity index (χ4v) is 3.28. The van der Waals surface area contributed by atoms with Crippen molar-refractivity contribution in [3.8, 4) is 0 Å². The van der Waals surface area contributed by atoms with Crippen LogP contribution in [0.15, 0.2) is 0 Å². The van der Waals surface area contributed by atoms with Gasteiger partial charge in [0.05, 0.1) is 11.7 Å². The molecular formula is C13H26N2O3S. The van der Waals surface area contributed by atoms with Crippen LogP contribution < -0.4 is 5.32 Å². The molecule has 0 aromatic rings. The molecule has 1 aliphatic rings. The second-order valence-corrected chi connectivity index (χ2v) is 7.90. The van der Waals surface area contributed by atoms with E-state index in [1.807, 2.05) is 6.92 Å². The average molecular weight is 290 g/mol. The first-order valence-corrected chi connectivity index (χ1v) is 8.67. The van der Waals surface area contributed by atoms with E-state index < -0.39 is 10.0 Å². The molecule has 0 aromatic carbocycles. The first-order chi connectivity index (χ1) is 8.77. The molecule has 1 aliphatic heterocycles. The lowest BCUT2D eigenvalue weighted by atomic mass is 9.97. The number of carbonyl (C=O) groups excluding carboxylic acids is 1. The minimum atomic E-state index is -3.18. The molecule has 0 bridgehead atoms. The van der Waals surface area contributed by atoms with Crippen molar-refractivity contribution in [2.45, 2.75) is 46.6 Å². The average Bonchev–Trinajstić information content (AvgIpc) is 2.38. The molecule has 2 atom stereocenters. The Bertz CT molecular complexity index is 406. The second-order valence-electron chi connectivity index (χ2n) is 5.64. The van der Waals surface area contributed by atoms with Crippen LogP contribution in [0.1, 0.15) is 40.5 Å². The van der Waals surface area contributed by atoms with Gasteiger partial charge in [-0.25, -0.2) is 12.7 Å². The highest BCUT2D eigenvalue weighted by molar-refractivity contribution is 7.89. The smallest absolute Gasteiger partial charge is 0.224 e. The van der Waals surface area contributed by atoms with E-state index in [-0.39, 0.29) is 23.6 Å². The summed E-state index contributed by atoms with van der Waals surface area (Å²) in [5.41, 5.74) is 0. The SMILES string of the molecule is CCS(=O)(=O)N1CCC[C@@H](C(=O)N[C@@H](C)C(C)C)C1. The number of nitrogens with one attached hydrogen (secondary N) is 1. The molecule has 6 heteroatoms. The minimum Gasteiger partial charge on any atom is -0.353 e. The summed E-state index contributed by atoms with van der Waals surface area (Å²) in [6.45, 7) is 8.59. The Morgan fingerprint density at radius 1 is 1.37 bits per heavy atom. The zero-order valence-electron chi connectivity index (χ0n) is 12.3. The number of nitrogens with zero attached hydrogens (tertiary/aromatic N) is 1. The van der Waals surface area contributed by atoms with Gasteiger partial charge in [0, 0.05) is 19.1 Å². The summed E-state index contributed by atoms with van der Waals surface area (Å²) in [5, 5.41) is 2.98. The molecule has 0 spiro atoms. The summed E-state index contributed by atoms with van der Waals surface area (Å²) in [6.07, 6.45) is 1.53. The van der Waals surface area contributed by atoms with Crippen LogP contribution >= 0.6 is 0 Å². The lowest BCUT2D eigenvalue weighted by molar-refractivity contribution is -0.127. The third kappa shape index (κ3) is 4.45. The summed E-state index contributed by atoms with van der Waals surface area (Å²) in [5.74, 6) is 0.250. The zero-order chi connectivity index (χ0) is 14.6. The van der Waals surface area contributed by atoms with Gasteiger partial charge in [-0.05, 0) is 32.6 Å². The van der Waals surface area contributed by atoms with Crippen LogP contribution in [0.3, 0.4) is 0 Å². The van der Waals surface area contributed by atoms with Gasteiger partial charge in [-0.15, -0.1) is 0 Å². The number of hydrogen-bond acceptors (Lipinski definition) is 3. The Balaban J connectivity index is 2.62. The predicted molar refractivity (Wildman–Crippen MR) is 76.2 cm³/mol. The molecule has 19 heavy (non-hydrogen) atoms. The molecule has 1 N–H and O–H groups in total. The van der Waals surface area contributed by atoms with Gasteiger partial charge < -0.3 is 5.32 Å². The van der Waals surface area contributed by atoms with Gasteiger partial charge in [0.25, 0.3) is 0 Å². The summed E-state index contributed by atoms with van der Waals surface area (Å²) in [6, 6.07) is 0.116. The Labute approximate surface area is 116 Å². The van der Waals surface area contributed by atoms with Gasteiger partial charge in [-0.1, -0.05) is 13.8 Å². The molecule has 1 heterocycles. The molecule has 5 nitrogen and oxygen atoms in total. The van der Waals surface area contributed by atoms with Crippen LogP contribution in [0, 0.1) is 11.8 Å². The van der Waals surface area contributed by atoms with Crippen molar-refractivity contribution < 1.29 is 13.2 Å². The van der Waals surface area contributed by atoms with Crippen molar-refractivity contribution in [1.29, 1.82) is 0 Å². The fraction of sp³-hybridized carbons (Fsp3) is 0.923. The number of amides is 1. The Morgan fingerprint density at radius 3 is 2.53 bits per heavy atom. The zero-order valence-corrected chi connectivity index (χ0v) is 13.2. The normalized spacial score (nSPS) is 23.3. The first-order valence-electron chi connectivity index (χ1n) is 7.06. The summed E-state index contributed by atoms with van der Waals surface area (Å²) in [4.78, 5) is 12.1. The summed E-state index contributed by atoms with van der Waals surface area (Å²) >= 11 is 0. The maximum Gasteiger partial charge on any atom is 0.224 e. The van der Waals surface area contributed by atoms with E-state index in [0.717, 1.165) is 12.8 Å². The van der Waals surface area contributed by atoms with Crippen molar-refractivity contribution in [1.82, 2.24) is 9.62 Å². The van der Waals surface area contributed by atoms with Crippen LogP contribution in [-0.2, 0) is 14.8 Å². The van der Waals surface area contributed by atoms with E-state index >= 15 is 0 Å². The molecular weight excluding hydrogens is 264 g/mol. The van der Waals surface area contributed by atoms with Gasteiger partial charge >= 0.3 is 0 Å². The van der Waals surface area contributed by atoms with Gasteiger partial charge in [0.15, 0.2) is 0 Å². The van der Waals surface area contributed by atoms with E-state index in [0.29, 0.717) is 19.0 Å². The number of rotatable bonds is 5. The van der Waals surface area contributed by atoms with E-state index in [9.17, 15) is 13.2 Å². The maximum atomic E-state index is 12.1. The van der Waals surface area contributed by atoms with Crippen molar-refractivity contribution >= 4 is 15.9 Å². The largest absolute Gasteiger partial charge is 0.353 e. The van der Waals surface area contributed by atoms with Crippen LogP contribution in [0.2, 0.25) is 0 Å². The topological polar surface area (TPSA) is 66.5 Å². The Hall–Kier alpha value is -0.620. The highest BCUT2D eigenvalue weighted by atomic mass is 32.2. The molecule has 0 aliphatic carbocycles. The van der Waals surface area contributed by atoms with Crippen molar-refractivity contribution in [2.24, 2.45) is 11.8 Å². The molecule has 1 saturated heterocycles. The molecule has 0 saturated carbocycles. The number of carbonyl (C=O) groups is 1. The lowest BCUT2D eigenvalue weighted by Crippen LogP contribution is -2.48. The van der Waals surface area contributed by atoms with Crippen LogP contribution in [0.25, 0.3) is 0 Å². The fourth-order valence-electron chi connectivity index (χ4n) is 2.10. The standard InChI is InChI=1S/C13H26N2O3S/c1-5-19(17,18)15-8-6-7-12(9-15)13(16)14-11(4)10(2)3/h10-12H,5-9H2,1-4H3,(H,14,16)/t11-,12+/m0/s1. The van der Waals surface area contributed by atoms with Crippen LogP contribution in [-0.4, -0.2) is 43.5 Å². The molecule has 1 rings (SSSR count). The number of piperidine rings is 1. The number of sulfonamides is 1. The molecule has 112 valence electrons. The quantitative estimate of drug-likeness (QED) is 0.827. The molecule has 0 radical (unpaired) electrons. The highest BCUT2D eigenvalue weighted by Gasteiger charge is 2.31. The van der Waals surface area contributed by atoms with Crippen molar-refractivity contribution in [3.63, 3.8) is 0 Å². The first kappa shape index (κ1) is 16.4. The van der Waals surface area contributed by atoms with Gasteiger partial charge in [0.1, 0.15) is 0 Å². The summed E-state index contributed by atoms with van der Waals surface area (Å²) in [7, 11) is -3.18. The van der Waals surface area contributed by atoms with E-state index in [2.05, 4.69) is 19.2 Å².